The second-order valence-electron chi connectivity index (χ2n) is 17.1. The predicted molar refractivity (Wildman–Crippen MR) is 247 cm³/mol. The van der Waals surface area contributed by atoms with Gasteiger partial charge in [-0.2, -0.15) is 0 Å². The summed E-state index contributed by atoms with van der Waals surface area (Å²) >= 11 is 0. The van der Waals surface area contributed by atoms with E-state index in [0.29, 0.717) is 19.3 Å². The molecule has 6 heteroatoms. The number of ether oxygens (including phenoxy) is 3. The van der Waals surface area contributed by atoms with Crippen LogP contribution in [0.1, 0.15) is 271 Å². The van der Waals surface area contributed by atoms with E-state index >= 15 is 0 Å². The van der Waals surface area contributed by atoms with Crippen LogP contribution in [0.2, 0.25) is 0 Å². The van der Waals surface area contributed by atoms with Crippen LogP contribution in [0.5, 0.6) is 0 Å². The first-order valence-corrected chi connectivity index (χ1v) is 25.3. The third kappa shape index (κ3) is 45.0. The van der Waals surface area contributed by atoms with Gasteiger partial charge in [0.15, 0.2) is 6.10 Å². The van der Waals surface area contributed by atoms with Crippen LogP contribution in [0.25, 0.3) is 0 Å². The van der Waals surface area contributed by atoms with E-state index in [2.05, 4.69) is 45.1 Å². The maximum absolute atomic E-state index is 12.8. The second-order valence-corrected chi connectivity index (χ2v) is 17.1. The Morgan fingerprint density at radius 2 is 0.621 bits per heavy atom. The molecule has 0 aromatic heterocycles. The molecule has 6 nitrogen and oxygen atoms in total. The highest BCUT2D eigenvalue weighted by molar-refractivity contribution is 5.71. The molecule has 0 bridgehead atoms. The molecule has 0 aliphatic rings. The van der Waals surface area contributed by atoms with Gasteiger partial charge in [0.2, 0.25) is 0 Å². The topological polar surface area (TPSA) is 78.9 Å². The Bertz CT molecular complexity index is 942. The molecule has 0 aromatic rings. The Labute approximate surface area is 360 Å². The molecule has 0 aliphatic heterocycles. The minimum atomic E-state index is -0.769. The summed E-state index contributed by atoms with van der Waals surface area (Å²) < 4.78 is 16.8. The van der Waals surface area contributed by atoms with Crippen molar-refractivity contribution in [3.63, 3.8) is 0 Å². The highest BCUT2D eigenvalue weighted by Gasteiger charge is 2.19. The van der Waals surface area contributed by atoms with Crippen molar-refractivity contribution in [2.24, 2.45) is 0 Å². The van der Waals surface area contributed by atoms with Crippen LogP contribution < -0.4 is 0 Å². The first kappa shape index (κ1) is 55.9. The molecular weight excluding hydrogens is 721 g/mol. The Balaban J connectivity index is 4.35. The van der Waals surface area contributed by atoms with E-state index in [9.17, 15) is 14.4 Å². The number of allylic oxidation sites excluding steroid dienone is 4. The van der Waals surface area contributed by atoms with E-state index in [1.807, 2.05) is 0 Å². The summed E-state index contributed by atoms with van der Waals surface area (Å²) in [5.74, 6) is -0.874. The van der Waals surface area contributed by atoms with Crippen molar-refractivity contribution in [1.82, 2.24) is 0 Å². The van der Waals surface area contributed by atoms with Gasteiger partial charge < -0.3 is 14.2 Å². The molecule has 58 heavy (non-hydrogen) atoms. The molecular formula is C52H96O6. The van der Waals surface area contributed by atoms with Crippen molar-refractivity contribution in [2.45, 2.75) is 277 Å². The van der Waals surface area contributed by atoms with Crippen molar-refractivity contribution in [3.8, 4) is 0 Å². The van der Waals surface area contributed by atoms with Crippen LogP contribution >= 0.6 is 0 Å². The van der Waals surface area contributed by atoms with Gasteiger partial charge in [-0.3, -0.25) is 14.4 Å². The van der Waals surface area contributed by atoms with Crippen LogP contribution in [0.4, 0.5) is 0 Å². The highest BCUT2D eigenvalue weighted by Crippen LogP contribution is 2.15. The van der Waals surface area contributed by atoms with E-state index in [0.717, 1.165) is 77.0 Å². The average Bonchev–Trinajstić information content (AvgIpc) is 3.22. The van der Waals surface area contributed by atoms with Crippen molar-refractivity contribution in [3.05, 3.63) is 24.3 Å². The third-order valence-electron chi connectivity index (χ3n) is 11.2. The van der Waals surface area contributed by atoms with Gasteiger partial charge in [-0.25, -0.2) is 0 Å². The summed E-state index contributed by atoms with van der Waals surface area (Å²) in [5.41, 5.74) is 0. The first-order chi connectivity index (χ1) is 28.5. The summed E-state index contributed by atoms with van der Waals surface area (Å²) in [4.78, 5) is 37.9. The van der Waals surface area contributed by atoms with E-state index in [1.165, 1.54) is 154 Å². The molecule has 0 aliphatic carbocycles. The molecule has 0 aromatic carbocycles. The molecule has 0 saturated heterocycles. The standard InChI is InChI=1S/C52H96O6/c1-4-7-10-13-16-19-22-24-25-26-28-30-33-36-39-42-45-51(54)57-48-49(47-56-50(53)44-41-38-35-32-29-21-18-15-12-9-6-3)58-52(55)46-43-40-37-34-31-27-23-20-17-14-11-8-5-2/h19,22,25-26,49H,4-18,20-21,23-24,27-48H2,1-3H3/b22-19-,26-25-. The molecule has 0 radical (unpaired) electrons. The smallest absolute Gasteiger partial charge is 0.306 e. The number of carbonyl (C=O) groups excluding carboxylic acids is 3. The zero-order valence-electron chi connectivity index (χ0n) is 38.8. The molecule has 1 unspecified atom stereocenters. The fourth-order valence-corrected chi connectivity index (χ4v) is 7.36. The van der Waals surface area contributed by atoms with Crippen molar-refractivity contribution in [2.75, 3.05) is 13.2 Å². The van der Waals surface area contributed by atoms with Crippen LogP contribution in [-0.2, 0) is 28.6 Å². The summed E-state index contributed by atoms with van der Waals surface area (Å²) in [6, 6.07) is 0. The quantitative estimate of drug-likeness (QED) is 0.0263. The normalized spacial score (nSPS) is 12.1. The van der Waals surface area contributed by atoms with Gasteiger partial charge in [0, 0.05) is 19.3 Å². The molecule has 0 fully saturated rings. The zero-order valence-corrected chi connectivity index (χ0v) is 38.8. The molecule has 340 valence electrons. The zero-order chi connectivity index (χ0) is 42.3. The van der Waals surface area contributed by atoms with E-state index in [-0.39, 0.29) is 31.1 Å². The Morgan fingerprint density at radius 1 is 0.345 bits per heavy atom. The Kier molecular flexibility index (Phi) is 45.8. The summed E-state index contributed by atoms with van der Waals surface area (Å²) in [6.45, 7) is 6.62. The predicted octanol–water partition coefficient (Wildman–Crippen LogP) is 16.4. The lowest BCUT2D eigenvalue weighted by atomic mass is 10.0. The van der Waals surface area contributed by atoms with E-state index < -0.39 is 6.10 Å². The Hall–Kier alpha value is -2.11. The molecule has 0 amide bonds. The van der Waals surface area contributed by atoms with Crippen LogP contribution in [0, 0.1) is 0 Å². The number of unbranched alkanes of at least 4 members (excludes halogenated alkanes) is 31. The third-order valence-corrected chi connectivity index (χ3v) is 11.2. The van der Waals surface area contributed by atoms with E-state index in [1.54, 1.807) is 0 Å². The SMILES string of the molecule is CCCCCC/C=C\C/C=C\CCCCCCCC(=O)OCC(COC(=O)CCCCCCCCCCCCC)OC(=O)CCCCCCCCCCCCCCC. The van der Waals surface area contributed by atoms with Gasteiger partial charge in [0.1, 0.15) is 13.2 Å². The van der Waals surface area contributed by atoms with Gasteiger partial charge in [-0.15, -0.1) is 0 Å². The number of hydrogen-bond acceptors (Lipinski definition) is 6. The van der Waals surface area contributed by atoms with Gasteiger partial charge in [-0.1, -0.05) is 225 Å². The largest absolute Gasteiger partial charge is 0.462 e. The molecule has 0 spiro atoms. The van der Waals surface area contributed by atoms with Gasteiger partial charge in [0.25, 0.3) is 0 Å². The lowest BCUT2D eigenvalue weighted by molar-refractivity contribution is -0.167. The number of rotatable bonds is 46. The minimum Gasteiger partial charge on any atom is -0.462 e. The average molecular weight is 817 g/mol. The molecule has 0 saturated carbocycles. The lowest BCUT2D eigenvalue weighted by Gasteiger charge is -2.18. The lowest BCUT2D eigenvalue weighted by Crippen LogP contribution is -2.30. The minimum absolute atomic E-state index is 0.0712. The van der Waals surface area contributed by atoms with Crippen molar-refractivity contribution >= 4 is 17.9 Å². The van der Waals surface area contributed by atoms with Gasteiger partial charge >= 0.3 is 17.9 Å². The van der Waals surface area contributed by atoms with Gasteiger partial charge in [0.05, 0.1) is 0 Å². The van der Waals surface area contributed by atoms with Gasteiger partial charge in [-0.05, 0) is 51.4 Å². The summed E-state index contributed by atoms with van der Waals surface area (Å²) in [5, 5.41) is 0. The second kappa shape index (κ2) is 47.6. The van der Waals surface area contributed by atoms with Crippen molar-refractivity contribution in [1.29, 1.82) is 0 Å². The number of hydrogen-bond donors (Lipinski definition) is 0. The maximum Gasteiger partial charge on any atom is 0.306 e. The number of carbonyl (C=O) groups is 3. The fourth-order valence-electron chi connectivity index (χ4n) is 7.36. The van der Waals surface area contributed by atoms with Crippen LogP contribution in [-0.4, -0.2) is 37.2 Å². The monoisotopic (exact) mass is 817 g/mol. The maximum atomic E-state index is 12.8. The summed E-state index contributed by atoms with van der Waals surface area (Å²) in [6.07, 6.45) is 53.0. The van der Waals surface area contributed by atoms with Crippen LogP contribution in [0.3, 0.4) is 0 Å². The Morgan fingerprint density at radius 3 is 0.966 bits per heavy atom. The molecule has 1 atom stereocenters. The van der Waals surface area contributed by atoms with E-state index in [4.69, 9.17) is 14.2 Å². The molecule has 0 heterocycles. The molecule has 0 rings (SSSR count). The molecule has 0 N–H and O–H groups in total. The summed E-state index contributed by atoms with van der Waals surface area (Å²) in [7, 11) is 0. The van der Waals surface area contributed by atoms with Crippen molar-refractivity contribution < 1.29 is 28.6 Å². The fraction of sp³-hybridized carbons (Fsp3) is 0.865. The highest BCUT2D eigenvalue weighted by atomic mass is 16.6. The first-order valence-electron chi connectivity index (χ1n) is 25.3. The van der Waals surface area contributed by atoms with Crippen LogP contribution in [0.15, 0.2) is 24.3 Å². The number of esters is 3.